The molecule has 41 heavy (non-hydrogen) atoms. The molecule has 5 heteroatoms. The number of aromatic nitrogens is 2. The molecular formula is C36H20N2O3. The molecule has 0 aliphatic heterocycles. The number of furan rings is 1. The van der Waals surface area contributed by atoms with E-state index < -0.39 is 0 Å². The van der Waals surface area contributed by atoms with Crippen molar-refractivity contribution in [3.8, 4) is 16.8 Å². The molecule has 192 valence electrons. The van der Waals surface area contributed by atoms with Crippen LogP contribution in [-0.2, 0) is 0 Å². The number of benzene rings is 5. The second kappa shape index (κ2) is 8.16. The molecule has 4 heterocycles. The van der Waals surface area contributed by atoms with Crippen molar-refractivity contribution in [3.05, 3.63) is 132 Å². The van der Waals surface area contributed by atoms with Crippen LogP contribution in [0.4, 0.5) is 0 Å². The minimum absolute atomic E-state index is 0.0255. The number of pyridine rings is 1. The Morgan fingerprint density at radius 1 is 0.585 bits per heavy atom. The normalized spacial score (nSPS) is 12.0. The summed E-state index contributed by atoms with van der Waals surface area (Å²) < 4.78 is 15.0. The molecule has 0 fully saturated rings. The van der Waals surface area contributed by atoms with E-state index in [-0.39, 0.29) is 5.43 Å². The summed E-state index contributed by atoms with van der Waals surface area (Å²) in [5.74, 6) is 0. The zero-order chi connectivity index (χ0) is 27.1. The highest BCUT2D eigenvalue weighted by molar-refractivity contribution is 6.21. The van der Waals surface area contributed by atoms with E-state index in [2.05, 4.69) is 45.9 Å². The van der Waals surface area contributed by atoms with E-state index >= 15 is 0 Å². The van der Waals surface area contributed by atoms with E-state index in [1.165, 1.54) is 0 Å². The smallest absolute Gasteiger partial charge is 0.200 e. The molecule has 0 N–H and O–H groups in total. The van der Waals surface area contributed by atoms with Crippen LogP contribution in [0.1, 0.15) is 0 Å². The quantitative estimate of drug-likeness (QED) is 0.210. The molecule has 0 saturated carbocycles. The minimum Gasteiger partial charge on any atom is -0.456 e. The van der Waals surface area contributed by atoms with Crippen LogP contribution in [0, 0.1) is 0 Å². The lowest BCUT2D eigenvalue weighted by Gasteiger charge is -2.14. The van der Waals surface area contributed by atoms with Gasteiger partial charge in [-0.1, -0.05) is 60.7 Å². The minimum atomic E-state index is -0.0255. The summed E-state index contributed by atoms with van der Waals surface area (Å²) in [4.78, 5) is 17.7. The molecule has 0 atom stereocenters. The first kappa shape index (κ1) is 22.2. The van der Waals surface area contributed by atoms with Gasteiger partial charge in [-0.2, -0.15) is 0 Å². The van der Waals surface area contributed by atoms with E-state index in [0.29, 0.717) is 21.9 Å². The summed E-state index contributed by atoms with van der Waals surface area (Å²) in [6.45, 7) is 0. The van der Waals surface area contributed by atoms with Crippen molar-refractivity contribution < 1.29 is 8.83 Å². The number of para-hydroxylation sites is 3. The molecule has 5 nitrogen and oxygen atoms in total. The molecular weight excluding hydrogens is 508 g/mol. The van der Waals surface area contributed by atoms with Crippen LogP contribution in [-0.4, -0.2) is 9.55 Å². The number of rotatable bonds is 2. The van der Waals surface area contributed by atoms with Gasteiger partial charge in [-0.05, 0) is 54.1 Å². The van der Waals surface area contributed by atoms with E-state index in [4.69, 9.17) is 8.83 Å². The third kappa shape index (κ3) is 3.06. The van der Waals surface area contributed by atoms with Crippen LogP contribution >= 0.6 is 0 Å². The van der Waals surface area contributed by atoms with Crippen molar-refractivity contribution in [3.63, 3.8) is 0 Å². The third-order valence-electron chi connectivity index (χ3n) is 8.11. The van der Waals surface area contributed by atoms with Crippen molar-refractivity contribution in [1.29, 1.82) is 0 Å². The highest BCUT2D eigenvalue weighted by Gasteiger charge is 2.21. The van der Waals surface area contributed by atoms with E-state index in [0.717, 1.165) is 60.6 Å². The van der Waals surface area contributed by atoms with Gasteiger partial charge in [0, 0.05) is 33.3 Å². The van der Waals surface area contributed by atoms with Gasteiger partial charge in [0.1, 0.15) is 16.7 Å². The number of hydrogen-bond donors (Lipinski definition) is 0. The Morgan fingerprint density at radius 2 is 1.29 bits per heavy atom. The van der Waals surface area contributed by atoms with Gasteiger partial charge in [0.25, 0.3) is 0 Å². The van der Waals surface area contributed by atoms with Crippen molar-refractivity contribution in [1.82, 2.24) is 9.55 Å². The molecule has 0 unspecified atom stereocenters. The van der Waals surface area contributed by atoms with E-state index in [9.17, 15) is 4.79 Å². The molecule has 0 radical (unpaired) electrons. The fourth-order valence-corrected chi connectivity index (χ4v) is 6.26. The summed E-state index contributed by atoms with van der Waals surface area (Å²) in [7, 11) is 0. The molecule has 5 aromatic carbocycles. The lowest BCUT2D eigenvalue weighted by Crippen LogP contribution is -2.02. The maximum absolute atomic E-state index is 13.2. The molecule has 0 bridgehead atoms. The molecule has 0 amide bonds. The lowest BCUT2D eigenvalue weighted by molar-refractivity contribution is 0.660. The van der Waals surface area contributed by atoms with Crippen LogP contribution in [0.3, 0.4) is 0 Å². The Hall–Kier alpha value is -5.68. The average molecular weight is 529 g/mol. The van der Waals surface area contributed by atoms with E-state index in [1.54, 1.807) is 6.07 Å². The Morgan fingerprint density at radius 3 is 2.20 bits per heavy atom. The largest absolute Gasteiger partial charge is 0.456 e. The van der Waals surface area contributed by atoms with Gasteiger partial charge in [-0.25, -0.2) is 0 Å². The first-order valence-electron chi connectivity index (χ1n) is 13.5. The number of hydrogen-bond acceptors (Lipinski definition) is 4. The predicted octanol–water partition coefficient (Wildman–Crippen LogP) is 9.00. The van der Waals surface area contributed by atoms with Crippen LogP contribution in [0.5, 0.6) is 0 Å². The summed E-state index contributed by atoms with van der Waals surface area (Å²) >= 11 is 0. The molecule has 0 saturated heterocycles. The monoisotopic (exact) mass is 528 g/mol. The zero-order valence-electron chi connectivity index (χ0n) is 21.7. The van der Waals surface area contributed by atoms with Crippen molar-refractivity contribution in [2.45, 2.75) is 0 Å². The van der Waals surface area contributed by atoms with Crippen molar-refractivity contribution in [2.75, 3.05) is 0 Å². The Labute approximate surface area is 232 Å². The van der Waals surface area contributed by atoms with Crippen LogP contribution in [0.15, 0.2) is 135 Å². The summed E-state index contributed by atoms with van der Waals surface area (Å²) in [5.41, 5.74) is 7.72. The standard InChI is InChI=1S/C36H20N2O3/c39-35-27-9-3-6-12-32(27)40-33-19-21(13-14-28(33)35)22-7-1-4-10-29(22)38-30-20-37-18-17-23(30)25-15-16-26-24-8-2-5-11-31(24)41-36(26)34(25)38/h1-20H. The van der Waals surface area contributed by atoms with Gasteiger partial charge >= 0.3 is 0 Å². The highest BCUT2D eigenvalue weighted by Crippen LogP contribution is 2.41. The van der Waals surface area contributed by atoms with Gasteiger partial charge in [0.2, 0.25) is 5.43 Å². The van der Waals surface area contributed by atoms with Gasteiger partial charge in [-0.15, -0.1) is 0 Å². The topological polar surface area (TPSA) is 61.2 Å². The Balaban J connectivity index is 1.38. The zero-order valence-corrected chi connectivity index (χ0v) is 21.7. The van der Waals surface area contributed by atoms with Gasteiger partial charge in [0.05, 0.1) is 33.7 Å². The fourth-order valence-electron chi connectivity index (χ4n) is 6.26. The number of nitrogens with zero attached hydrogens (tertiary/aromatic N) is 2. The molecule has 0 aliphatic rings. The Kier molecular flexibility index (Phi) is 4.41. The maximum Gasteiger partial charge on any atom is 0.200 e. The highest BCUT2D eigenvalue weighted by atomic mass is 16.3. The lowest BCUT2D eigenvalue weighted by atomic mass is 10.0. The summed E-state index contributed by atoms with van der Waals surface area (Å²) in [6.07, 6.45) is 3.74. The van der Waals surface area contributed by atoms with Gasteiger partial charge in [-0.3, -0.25) is 9.78 Å². The van der Waals surface area contributed by atoms with Gasteiger partial charge in [0.15, 0.2) is 5.58 Å². The first-order valence-corrected chi connectivity index (χ1v) is 13.5. The SMILES string of the molecule is O=c1c2ccccc2oc2cc(-c3ccccc3-n3c4cnccc4c4ccc5c6ccccc6oc5c43)ccc12. The van der Waals surface area contributed by atoms with E-state index in [1.807, 2.05) is 79.1 Å². The molecule has 0 spiro atoms. The van der Waals surface area contributed by atoms with Gasteiger partial charge < -0.3 is 13.4 Å². The van der Waals surface area contributed by atoms with Crippen LogP contribution in [0.25, 0.3) is 82.5 Å². The summed E-state index contributed by atoms with van der Waals surface area (Å²) in [6, 6.07) is 36.0. The molecule has 9 aromatic rings. The van der Waals surface area contributed by atoms with Crippen LogP contribution in [0.2, 0.25) is 0 Å². The summed E-state index contributed by atoms with van der Waals surface area (Å²) in [5, 5.41) is 5.50. The second-order valence-electron chi connectivity index (χ2n) is 10.3. The third-order valence-corrected chi connectivity index (χ3v) is 8.11. The maximum atomic E-state index is 13.2. The Bertz CT molecular complexity index is 2570. The number of fused-ring (bicyclic) bond motifs is 9. The second-order valence-corrected chi connectivity index (χ2v) is 10.3. The molecule has 0 aliphatic carbocycles. The molecule has 4 aromatic heterocycles. The van der Waals surface area contributed by atoms with Crippen molar-refractivity contribution in [2.24, 2.45) is 0 Å². The fraction of sp³-hybridized carbons (Fsp3) is 0. The van der Waals surface area contributed by atoms with Crippen LogP contribution < -0.4 is 5.43 Å². The molecule has 9 rings (SSSR count). The predicted molar refractivity (Wildman–Crippen MR) is 165 cm³/mol. The van der Waals surface area contributed by atoms with Crippen molar-refractivity contribution >= 4 is 65.7 Å². The average Bonchev–Trinajstić information content (AvgIpc) is 3.57. The first-order chi connectivity index (χ1) is 20.3.